The van der Waals surface area contributed by atoms with E-state index in [1.54, 1.807) is 17.3 Å². The van der Waals surface area contributed by atoms with Crippen LogP contribution in [0.4, 0.5) is 37.7 Å². The summed E-state index contributed by atoms with van der Waals surface area (Å²) in [6.07, 6.45) is -4.06. The summed E-state index contributed by atoms with van der Waals surface area (Å²) in [7, 11) is 0. The van der Waals surface area contributed by atoms with Crippen LogP contribution in [0.2, 0.25) is 0 Å². The molecule has 12 heteroatoms. The fourth-order valence-electron chi connectivity index (χ4n) is 4.36. The number of piperidine rings is 1. The Morgan fingerprint density at radius 1 is 1.14 bits per heavy atom. The number of pyridine rings is 1. The molecule has 0 aliphatic carbocycles. The molecule has 6 nitrogen and oxygen atoms in total. The summed E-state index contributed by atoms with van der Waals surface area (Å²) in [6.45, 7) is 2.39. The molecule has 1 unspecified atom stereocenters. The zero-order valence-corrected chi connectivity index (χ0v) is 19.4. The van der Waals surface area contributed by atoms with Crippen LogP contribution in [0.5, 0.6) is 0 Å². The highest BCUT2D eigenvalue weighted by molar-refractivity contribution is 5.91. The smallest absolute Gasteiger partial charge is 0.380 e. The van der Waals surface area contributed by atoms with Gasteiger partial charge in [0.05, 0.1) is 23.4 Å². The third kappa shape index (κ3) is 5.68. The van der Waals surface area contributed by atoms with Crippen molar-refractivity contribution in [1.29, 1.82) is 0 Å². The Kier molecular flexibility index (Phi) is 7.05. The Hall–Kier alpha value is -3.44. The van der Waals surface area contributed by atoms with Crippen molar-refractivity contribution in [1.82, 2.24) is 14.9 Å². The van der Waals surface area contributed by atoms with Gasteiger partial charge in [-0.25, -0.2) is 4.98 Å². The number of H-pyrrole nitrogens is 1. The minimum absolute atomic E-state index is 0.0546. The van der Waals surface area contributed by atoms with Gasteiger partial charge in [0, 0.05) is 42.6 Å². The number of aryl methyl sites for hydroxylation is 1. The molecule has 0 spiro atoms. The predicted octanol–water partition coefficient (Wildman–Crippen LogP) is 5.68. The molecular weight excluding hydrogens is 488 g/mol. The molecule has 1 aliphatic heterocycles. The number of aromatic amines is 1. The second kappa shape index (κ2) is 9.90. The third-order valence-electron chi connectivity index (χ3n) is 6.20. The molecule has 194 valence electrons. The number of alkyl halides is 6. The highest BCUT2D eigenvalue weighted by Gasteiger charge is 2.37. The molecule has 3 N–H and O–H groups in total. The van der Waals surface area contributed by atoms with E-state index in [4.69, 9.17) is 0 Å². The van der Waals surface area contributed by atoms with Crippen molar-refractivity contribution >= 4 is 28.3 Å². The SMILES string of the molecule is CCc1cnc2[nH]ccc2c1NC1CCCN(C(=O)CNc2cc(C(F)(F)F)cc(C(F)(F)F)c2)C1. The van der Waals surface area contributed by atoms with Gasteiger partial charge in [0.2, 0.25) is 5.91 Å². The number of benzene rings is 1. The van der Waals surface area contributed by atoms with Crippen molar-refractivity contribution in [3.05, 3.63) is 53.3 Å². The average molecular weight is 513 g/mol. The topological polar surface area (TPSA) is 73.0 Å². The second-order valence-corrected chi connectivity index (χ2v) is 8.72. The average Bonchev–Trinajstić information content (AvgIpc) is 3.31. The van der Waals surface area contributed by atoms with E-state index in [0.29, 0.717) is 31.6 Å². The van der Waals surface area contributed by atoms with Crippen LogP contribution in [0.15, 0.2) is 36.7 Å². The molecule has 36 heavy (non-hydrogen) atoms. The maximum absolute atomic E-state index is 13.1. The minimum atomic E-state index is -4.96. The molecule has 0 saturated carbocycles. The van der Waals surface area contributed by atoms with Gasteiger partial charge in [0.1, 0.15) is 5.65 Å². The molecular formula is C24H25F6N5O. The van der Waals surface area contributed by atoms with Gasteiger partial charge >= 0.3 is 12.4 Å². The van der Waals surface area contributed by atoms with Crippen molar-refractivity contribution in [3.8, 4) is 0 Å². The zero-order valence-electron chi connectivity index (χ0n) is 19.4. The van der Waals surface area contributed by atoms with Gasteiger partial charge in [0.25, 0.3) is 0 Å². The number of carbonyl (C=O) groups is 1. The van der Waals surface area contributed by atoms with E-state index in [1.807, 2.05) is 13.0 Å². The standard InChI is InChI=1S/C24H25F6N5O/c1-2-14-11-33-22-19(5-6-31-22)21(14)34-17-4-3-7-35(13-17)20(36)12-32-18-9-15(23(25,26)27)8-16(10-18)24(28,29)30/h5-6,8-11,17,32H,2-4,7,12-13H2,1H3,(H2,31,33,34). The quantitative estimate of drug-likeness (QED) is 0.371. The molecule has 1 saturated heterocycles. The minimum Gasteiger partial charge on any atom is -0.380 e. The molecule has 1 aromatic carbocycles. The van der Waals surface area contributed by atoms with E-state index < -0.39 is 41.6 Å². The lowest BCUT2D eigenvalue weighted by Crippen LogP contribution is -2.47. The number of amides is 1. The first kappa shape index (κ1) is 25.6. The molecule has 0 bridgehead atoms. The number of hydrogen-bond acceptors (Lipinski definition) is 4. The van der Waals surface area contributed by atoms with Crippen LogP contribution in [0.25, 0.3) is 11.0 Å². The number of likely N-dealkylation sites (tertiary alicyclic amines) is 1. The monoisotopic (exact) mass is 513 g/mol. The van der Waals surface area contributed by atoms with E-state index in [9.17, 15) is 31.1 Å². The van der Waals surface area contributed by atoms with Crippen molar-refractivity contribution in [3.63, 3.8) is 0 Å². The Morgan fingerprint density at radius 3 is 2.47 bits per heavy atom. The second-order valence-electron chi connectivity index (χ2n) is 8.72. The van der Waals surface area contributed by atoms with Crippen LogP contribution in [0.1, 0.15) is 36.5 Å². The van der Waals surface area contributed by atoms with Gasteiger partial charge in [-0.1, -0.05) is 6.92 Å². The summed E-state index contributed by atoms with van der Waals surface area (Å²) in [4.78, 5) is 21.8. The van der Waals surface area contributed by atoms with Gasteiger partial charge in [-0.2, -0.15) is 26.3 Å². The van der Waals surface area contributed by atoms with E-state index in [1.165, 1.54) is 0 Å². The van der Waals surface area contributed by atoms with E-state index >= 15 is 0 Å². The number of rotatable bonds is 6. The summed E-state index contributed by atoms with van der Waals surface area (Å²) in [5.74, 6) is -0.412. The number of hydrogen-bond donors (Lipinski definition) is 3. The fourth-order valence-corrected chi connectivity index (χ4v) is 4.36. The van der Waals surface area contributed by atoms with Crippen molar-refractivity contribution in [2.45, 2.75) is 44.6 Å². The van der Waals surface area contributed by atoms with Gasteiger partial charge in [0.15, 0.2) is 0 Å². The highest BCUT2D eigenvalue weighted by Crippen LogP contribution is 2.37. The molecule has 4 rings (SSSR count). The largest absolute Gasteiger partial charge is 0.416 e. The highest BCUT2D eigenvalue weighted by atomic mass is 19.4. The van der Waals surface area contributed by atoms with Crippen LogP contribution in [-0.2, 0) is 23.6 Å². The molecule has 3 heterocycles. The molecule has 0 radical (unpaired) electrons. The fraction of sp³-hybridized carbons (Fsp3) is 0.417. The van der Waals surface area contributed by atoms with Crippen molar-refractivity contribution in [2.24, 2.45) is 0 Å². The van der Waals surface area contributed by atoms with Crippen molar-refractivity contribution in [2.75, 3.05) is 30.3 Å². The van der Waals surface area contributed by atoms with Gasteiger partial charge in [-0.3, -0.25) is 4.79 Å². The summed E-state index contributed by atoms with van der Waals surface area (Å²) in [5, 5.41) is 6.89. The Morgan fingerprint density at radius 2 is 1.83 bits per heavy atom. The molecule has 1 fully saturated rings. The Bertz CT molecular complexity index is 1200. The number of aromatic nitrogens is 2. The lowest BCUT2D eigenvalue weighted by atomic mass is 10.0. The number of nitrogens with one attached hydrogen (secondary N) is 3. The van der Waals surface area contributed by atoms with Crippen LogP contribution < -0.4 is 10.6 Å². The molecule has 1 amide bonds. The van der Waals surface area contributed by atoms with Gasteiger partial charge in [-0.05, 0) is 49.1 Å². The molecule has 3 aromatic rings. The first-order valence-corrected chi connectivity index (χ1v) is 11.5. The summed E-state index contributed by atoms with van der Waals surface area (Å²) in [5.41, 5.74) is -0.593. The third-order valence-corrected chi connectivity index (χ3v) is 6.20. The maximum atomic E-state index is 13.1. The number of anilines is 2. The summed E-state index contributed by atoms with van der Waals surface area (Å²) < 4.78 is 78.6. The summed E-state index contributed by atoms with van der Waals surface area (Å²) in [6, 6.07) is 3.05. The number of nitrogens with zero attached hydrogens (tertiary/aromatic N) is 2. The summed E-state index contributed by atoms with van der Waals surface area (Å²) >= 11 is 0. The predicted molar refractivity (Wildman–Crippen MR) is 124 cm³/mol. The van der Waals surface area contributed by atoms with Crippen LogP contribution in [-0.4, -0.2) is 46.5 Å². The van der Waals surface area contributed by atoms with E-state index in [-0.39, 0.29) is 12.1 Å². The lowest BCUT2D eigenvalue weighted by Gasteiger charge is -2.34. The number of fused-ring (bicyclic) bond motifs is 1. The number of halogens is 6. The first-order valence-electron chi connectivity index (χ1n) is 11.5. The molecule has 1 atom stereocenters. The Labute approximate surface area is 203 Å². The molecule has 1 aliphatic rings. The van der Waals surface area contributed by atoms with Gasteiger partial charge in [-0.15, -0.1) is 0 Å². The zero-order chi connectivity index (χ0) is 26.1. The van der Waals surface area contributed by atoms with Crippen LogP contribution >= 0.6 is 0 Å². The lowest BCUT2D eigenvalue weighted by molar-refractivity contribution is -0.143. The van der Waals surface area contributed by atoms with Crippen LogP contribution in [0, 0.1) is 0 Å². The number of carbonyl (C=O) groups excluding carboxylic acids is 1. The van der Waals surface area contributed by atoms with E-state index in [2.05, 4.69) is 20.6 Å². The van der Waals surface area contributed by atoms with E-state index in [0.717, 1.165) is 35.1 Å². The first-order chi connectivity index (χ1) is 17.0. The maximum Gasteiger partial charge on any atom is 0.416 e. The van der Waals surface area contributed by atoms with Crippen molar-refractivity contribution < 1.29 is 31.1 Å². The van der Waals surface area contributed by atoms with Crippen LogP contribution in [0.3, 0.4) is 0 Å². The molecule has 2 aromatic heterocycles. The van der Waals surface area contributed by atoms with Gasteiger partial charge < -0.3 is 20.5 Å². The Balaban J connectivity index is 1.44. The normalized spacial score (nSPS) is 16.9.